The van der Waals surface area contributed by atoms with Crippen LogP contribution in [0.5, 0.6) is 0 Å². The molecule has 0 saturated heterocycles. The van der Waals surface area contributed by atoms with E-state index in [1.165, 1.54) is 22.3 Å². The second-order valence-corrected chi connectivity index (χ2v) is 6.11. The van der Waals surface area contributed by atoms with Crippen molar-refractivity contribution in [3.8, 4) is 0 Å². The Hall–Kier alpha value is -2.09. The van der Waals surface area contributed by atoms with Crippen molar-refractivity contribution in [3.63, 3.8) is 0 Å². The van der Waals surface area contributed by atoms with Gasteiger partial charge in [-0.3, -0.25) is 4.79 Å². The zero-order chi connectivity index (χ0) is 16.5. The van der Waals surface area contributed by atoms with E-state index in [1.54, 1.807) is 0 Å². The lowest BCUT2D eigenvalue weighted by molar-refractivity contribution is -0.121. The van der Waals surface area contributed by atoms with Gasteiger partial charge in [-0.1, -0.05) is 61.0 Å². The fourth-order valence-electron chi connectivity index (χ4n) is 2.56. The molecule has 2 nitrogen and oxygen atoms in total. The molecule has 0 heterocycles. The molecule has 2 heteroatoms. The van der Waals surface area contributed by atoms with Crippen LogP contribution in [0.15, 0.2) is 48.5 Å². The molecule has 1 N–H and O–H groups in total. The molecule has 23 heavy (non-hydrogen) atoms. The van der Waals surface area contributed by atoms with E-state index in [-0.39, 0.29) is 5.91 Å². The maximum Gasteiger partial charge on any atom is 0.220 e. The number of benzene rings is 2. The third-order valence-corrected chi connectivity index (χ3v) is 4.16. The summed E-state index contributed by atoms with van der Waals surface area (Å²) < 4.78 is 0. The van der Waals surface area contributed by atoms with Crippen LogP contribution in [0.25, 0.3) is 0 Å². The average molecular weight is 309 g/mol. The van der Waals surface area contributed by atoms with E-state index < -0.39 is 0 Å². The van der Waals surface area contributed by atoms with Crippen molar-refractivity contribution in [2.45, 2.75) is 46.0 Å². The molecule has 0 radical (unpaired) electrons. The first kappa shape index (κ1) is 17.3. The molecule has 0 saturated carbocycles. The second kappa shape index (κ2) is 9.14. The highest BCUT2D eigenvalue weighted by atomic mass is 16.1. The summed E-state index contributed by atoms with van der Waals surface area (Å²) in [5.74, 6) is 0.147. The van der Waals surface area contributed by atoms with Gasteiger partial charge in [-0.25, -0.2) is 0 Å². The summed E-state index contributed by atoms with van der Waals surface area (Å²) in [6.45, 7) is 5.00. The highest BCUT2D eigenvalue weighted by Gasteiger charge is 2.02. The number of amides is 1. The largest absolute Gasteiger partial charge is 0.356 e. The van der Waals surface area contributed by atoms with Gasteiger partial charge in [0.2, 0.25) is 5.91 Å². The summed E-state index contributed by atoms with van der Waals surface area (Å²) in [5, 5.41) is 3.02. The first-order chi connectivity index (χ1) is 11.2. The van der Waals surface area contributed by atoms with Crippen LogP contribution < -0.4 is 5.32 Å². The molecule has 0 bridgehead atoms. The number of carbonyl (C=O) groups is 1. The lowest BCUT2D eigenvalue weighted by Gasteiger charge is -2.06. The van der Waals surface area contributed by atoms with Crippen molar-refractivity contribution < 1.29 is 4.79 Å². The van der Waals surface area contributed by atoms with Crippen LogP contribution in [0, 0.1) is 6.92 Å². The summed E-state index contributed by atoms with van der Waals surface area (Å²) in [7, 11) is 0. The smallest absolute Gasteiger partial charge is 0.220 e. The molecule has 122 valence electrons. The number of rotatable bonds is 8. The highest BCUT2D eigenvalue weighted by Crippen LogP contribution is 2.08. The van der Waals surface area contributed by atoms with E-state index in [9.17, 15) is 4.79 Å². The summed E-state index contributed by atoms with van der Waals surface area (Å²) in [6, 6.07) is 17.2. The van der Waals surface area contributed by atoms with Gasteiger partial charge in [-0.05, 0) is 49.3 Å². The fourth-order valence-corrected chi connectivity index (χ4v) is 2.56. The predicted molar refractivity (Wildman–Crippen MR) is 96.7 cm³/mol. The Bertz CT molecular complexity index is 599. The van der Waals surface area contributed by atoms with E-state index in [4.69, 9.17) is 0 Å². The van der Waals surface area contributed by atoms with Gasteiger partial charge in [0.05, 0.1) is 0 Å². The third-order valence-electron chi connectivity index (χ3n) is 4.16. The summed E-state index contributed by atoms with van der Waals surface area (Å²) >= 11 is 0. The third kappa shape index (κ3) is 6.27. The van der Waals surface area contributed by atoms with Crippen LogP contribution in [-0.4, -0.2) is 12.5 Å². The molecular formula is C21H27NO. The Morgan fingerprint density at radius 1 is 0.870 bits per heavy atom. The molecule has 0 aliphatic heterocycles. The van der Waals surface area contributed by atoms with E-state index in [0.29, 0.717) is 6.42 Å². The van der Waals surface area contributed by atoms with Gasteiger partial charge in [0, 0.05) is 13.0 Å². The molecule has 0 spiro atoms. The van der Waals surface area contributed by atoms with Crippen LogP contribution in [0.4, 0.5) is 0 Å². The molecule has 2 aromatic carbocycles. The van der Waals surface area contributed by atoms with Gasteiger partial charge in [0.25, 0.3) is 0 Å². The zero-order valence-electron chi connectivity index (χ0n) is 14.3. The van der Waals surface area contributed by atoms with Crippen molar-refractivity contribution in [1.82, 2.24) is 5.32 Å². The van der Waals surface area contributed by atoms with Gasteiger partial charge in [0.15, 0.2) is 0 Å². The Morgan fingerprint density at radius 2 is 1.43 bits per heavy atom. The monoisotopic (exact) mass is 309 g/mol. The standard InChI is InChI=1S/C21H27NO/c1-3-18-10-12-20(13-11-18)14-15-21(23)22-16-4-5-19-8-6-17(2)7-9-19/h6-13H,3-5,14-16H2,1-2H3,(H,22,23). The Labute approximate surface area is 139 Å². The minimum atomic E-state index is 0.147. The minimum absolute atomic E-state index is 0.147. The van der Waals surface area contributed by atoms with Crippen LogP contribution in [0.1, 0.15) is 42.0 Å². The van der Waals surface area contributed by atoms with Crippen molar-refractivity contribution in [1.29, 1.82) is 0 Å². The Balaban J connectivity index is 1.62. The van der Waals surface area contributed by atoms with E-state index in [2.05, 4.69) is 67.7 Å². The van der Waals surface area contributed by atoms with Crippen molar-refractivity contribution in [3.05, 3.63) is 70.8 Å². The predicted octanol–water partition coefficient (Wildman–Crippen LogP) is 4.24. The number of aryl methyl sites for hydroxylation is 4. The summed E-state index contributed by atoms with van der Waals surface area (Å²) in [6.07, 6.45) is 4.44. The number of nitrogens with one attached hydrogen (secondary N) is 1. The second-order valence-electron chi connectivity index (χ2n) is 6.11. The van der Waals surface area contributed by atoms with Gasteiger partial charge < -0.3 is 5.32 Å². The summed E-state index contributed by atoms with van der Waals surface area (Å²) in [5.41, 5.74) is 5.20. The van der Waals surface area contributed by atoms with E-state index in [1.807, 2.05) is 0 Å². The van der Waals surface area contributed by atoms with Crippen LogP contribution in [0.2, 0.25) is 0 Å². The van der Waals surface area contributed by atoms with Crippen LogP contribution in [0.3, 0.4) is 0 Å². The topological polar surface area (TPSA) is 29.1 Å². The number of hydrogen-bond donors (Lipinski definition) is 1. The maximum absolute atomic E-state index is 11.9. The molecule has 0 aromatic heterocycles. The maximum atomic E-state index is 11.9. The molecular weight excluding hydrogens is 282 g/mol. The summed E-state index contributed by atoms with van der Waals surface area (Å²) in [4.78, 5) is 11.9. The number of hydrogen-bond acceptors (Lipinski definition) is 1. The molecule has 0 unspecified atom stereocenters. The van der Waals surface area contributed by atoms with Crippen molar-refractivity contribution in [2.75, 3.05) is 6.54 Å². The average Bonchev–Trinajstić information content (AvgIpc) is 2.59. The lowest BCUT2D eigenvalue weighted by atomic mass is 10.1. The normalized spacial score (nSPS) is 10.5. The molecule has 2 rings (SSSR count). The molecule has 0 aliphatic rings. The van der Waals surface area contributed by atoms with Gasteiger partial charge in [-0.15, -0.1) is 0 Å². The van der Waals surface area contributed by atoms with Crippen LogP contribution in [-0.2, 0) is 24.1 Å². The van der Waals surface area contributed by atoms with E-state index in [0.717, 1.165) is 32.2 Å². The fraction of sp³-hybridized carbons (Fsp3) is 0.381. The van der Waals surface area contributed by atoms with Gasteiger partial charge in [0.1, 0.15) is 0 Å². The Morgan fingerprint density at radius 3 is 2.09 bits per heavy atom. The SMILES string of the molecule is CCc1ccc(CCC(=O)NCCCc2ccc(C)cc2)cc1. The molecule has 0 atom stereocenters. The zero-order valence-corrected chi connectivity index (χ0v) is 14.3. The van der Waals surface area contributed by atoms with Gasteiger partial charge in [-0.2, -0.15) is 0 Å². The van der Waals surface area contributed by atoms with Crippen molar-refractivity contribution >= 4 is 5.91 Å². The minimum Gasteiger partial charge on any atom is -0.356 e. The van der Waals surface area contributed by atoms with Gasteiger partial charge >= 0.3 is 0 Å². The molecule has 2 aromatic rings. The lowest BCUT2D eigenvalue weighted by Crippen LogP contribution is -2.24. The molecule has 0 fully saturated rings. The molecule has 0 aliphatic carbocycles. The first-order valence-corrected chi connectivity index (χ1v) is 8.57. The van der Waals surface area contributed by atoms with Crippen molar-refractivity contribution in [2.24, 2.45) is 0 Å². The Kier molecular flexibility index (Phi) is 6.86. The highest BCUT2D eigenvalue weighted by molar-refractivity contribution is 5.76. The van der Waals surface area contributed by atoms with Crippen LogP contribution >= 0.6 is 0 Å². The van der Waals surface area contributed by atoms with E-state index >= 15 is 0 Å². The quantitative estimate of drug-likeness (QED) is 0.726. The first-order valence-electron chi connectivity index (χ1n) is 8.57. The number of carbonyl (C=O) groups excluding carboxylic acids is 1. The molecule has 1 amide bonds.